The van der Waals surface area contributed by atoms with E-state index in [2.05, 4.69) is 129 Å². The molecular weight excluding hydrogens is 1050 g/mol. The lowest BCUT2D eigenvalue weighted by Crippen LogP contribution is -2.62. The van der Waals surface area contributed by atoms with Gasteiger partial charge in [0.2, 0.25) is 0 Å². The number of fused-ring (bicyclic) bond motifs is 13. The number of alkyl halides is 3. The van der Waals surface area contributed by atoms with Gasteiger partial charge in [0.1, 0.15) is 23.9 Å². The number of hydrogen-bond donors (Lipinski definition) is 0. The molecule has 3 heterocycles. The van der Waals surface area contributed by atoms with Crippen molar-refractivity contribution in [3.05, 3.63) is 118 Å². The van der Waals surface area contributed by atoms with Crippen LogP contribution in [0.5, 0.6) is 17.2 Å². The Morgan fingerprint density at radius 2 is 1.30 bits per heavy atom. The number of anilines is 2. The van der Waals surface area contributed by atoms with Crippen LogP contribution in [-0.4, -0.2) is 107 Å². The Morgan fingerprint density at radius 3 is 1.86 bits per heavy atom. The van der Waals surface area contributed by atoms with Crippen LogP contribution >= 0.6 is 0 Å². The van der Waals surface area contributed by atoms with Crippen LogP contribution in [0, 0.1) is 11.8 Å². The van der Waals surface area contributed by atoms with E-state index in [1.807, 2.05) is 12.1 Å². The van der Waals surface area contributed by atoms with Gasteiger partial charge in [0, 0.05) is 59.4 Å². The molecular formula is C59H75F3N2O9Si4. The molecule has 3 aliphatic carbocycles. The quantitative estimate of drug-likeness (QED) is 0.0699. The molecule has 4 atom stereocenters. The fraction of sp³-hybridized carbons (Fsp3) is 0.492. The number of methoxy groups -OCH3 is 1. The number of hydrogen-bond acceptors (Lipinski definition) is 11. The molecule has 6 aliphatic rings. The Hall–Kier alpha value is -4.48. The molecule has 2 bridgehead atoms. The normalized spacial score (nSPS) is 23.3. The molecule has 0 aromatic heterocycles. The minimum absolute atomic E-state index is 0.188. The van der Waals surface area contributed by atoms with Gasteiger partial charge in [-0.3, -0.25) is 0 Å². The lowest BCUT2D eigenvalue weighted by atomic mass is 9.65. The van der Waals surface area contributed by atoms with Gasteiger partial charge in [-0.2, -0.15) is 13.2 Å². The largest absolute Gasteiger partial charge is 0.647 e. The molecule has 412 valence electrons. The van der Waals surface area contributed by atoms with E-state index in [1.54, 1.807) is 13.2 Å². The predicted molar refractivity (Wildman–Crippen MR) is 307 cm³/mol. The zero-order valence-corrected chi connectivity index (χ0v) is 50.4. The van der Waals surface area contributed by atoms with Crippen molar-refractivity contribution >= 4 is 62.2 Å². The molecule has 11 nitrogen and oxygen atoms in total. The molecule has 11 rings (SSSR count). The minimum Gasteiger partial charge on any atom is -0.495 e. The molecule has 5 aromatic carbocycles. The number of halogens is 3. The summed E-state index contributed by atoms with van der Waals surface area (Å²) in [5, 5.41) is 1.78. The molecule has 3 aliphatic heterocycles. The van der Waals surface area contributed by atoms with Crippen molar-refractivity contribution in [2.45, 2.75) is 102 Å². The topological polar surface area (TPSA) is 89.6 Å². The molecule has 2 saturated heterocycles. The first-order valence-electron chi connectivity index (χ1n) is 27.5. The van der Waals surface area contributed by atoms with Crippen LogP contribution in [0.4, 0.5) is 24.5 Å². The number of benzene rings is 5. The third kappa shape index (κ3) is 10.5. The highest BCUT2D eigenvalue weighted by atomic mass is 28.5. The first-order chi connectivity index (χ1) is 36.5. The van der Waals surface area contributed by atoms with Crippen molar-refractivity contribution in [2.24, 2.45) is 11.8 Å². The lowest BCUT2D eigenvalue weighted by molar-refractivity contribution is -0.137. The first kappa shape index (κ1) is 54.5. The monoisotopic (exact) mass is 1120 g/mol. The molecule has 1 spiro atoms. The second-order valence-corrected chi connectivity index (χ2v) is 41.1. The molecule has 0 N–H and O–H groups in total. The van der Waals surface area contributed by atoms with Crippen LogP contribution in [0.3, 0.4) is 0 Å². The fourth-order valence-corrected chi connectivity index (χ4v) is 24.8. The Kier molecular flexibility index (Phi) is 14.3. The zero-order chi connectivity index (χ0) is 54.3. The smallest absolute Gasteiger partial charge is 0.495 e. The van der Waals surface area contributed by atoms with Crippen LogP contribution in [-0.2, 0) is 43.4 Å². The van der Waals surface area contributed by atoms with Gasteiger partial charge < -0.3 is 50.3 Å². The number of ether oxygens (including phenoxy) is 5. The summed E-state index contributed by atoms with van der Waals surface area (Å²) in [7, 11) is -8.33. The van der Waals surface area contributed by atoms with E-state index < -0.39 is 56.8 Å². The average molecular weight is 1130 g/mol. The zero-order valence-electron chi connectivity index (χ0n) is 46.4. The molecule has 0 radical (unpaired) electrons. The number of morpholine rings is 2. The third-order valence-corrected chi connectivity index (χ3v) is 26.9. The first-order valence-corrected chi connectivity index (χ1v) is 39.4. The van der Waals surface area contributed by atoms with Gasteiger partial charge in [0.05, 0.1) is 51.4 Å². The van der Waals surface area contributed by atoms with E-state index in [4.69, 9.17) is 40.5 Å². The third-order valence-electron chi connectivity index (χ3n) is 16.0. The summed E-state index contributed by atoms with van der Waals surface area (Å²) in [6.45, 7) is 25.1. The predicted octanol–water partition coefficient (Wildman–Crippen LogP) is 13.4. The Bertz CT molecular complexity index is 3000. The van der Waals surface area contributed by atoms with E-state index in [9.17, 15) is 13.2 Å². The standard InChI is InChI=1S/C59H75F3N2O9Si4/c1-65-53-38-50-49(37-52(53)64-27-31-67-32-28-64)54-47-22-17-44(59(60,61)62)36-51(47)57(39-40-11-12-43(57)35-40)55(54)48-23-24-58(70-56(48)50,41-13-18-45(19-14-41)63-25-29-66-30-26-63)42-15-20-46(21-16-42)68-33-34-69-77(71-74(2,3)4,72-75(5,6)7)73-76(8,9)10/h13-24,36-38,40,43H,11-12,25-35,39H2,1-10H3. The van der Waals surface area contributed by atoms with Crippen LogP contribution in [0.2, 0.25) is 58.9 Å². The van der Waals surface area contributed by atoms with E-state index in [-0.39, 0.29) is 19.1 Å². The fourth-order valence-electron chi connectivity index (χ4n) is 13.1. The van der Waals surface area contributed by atoms with Gasteiger partial charge >= 0.3 is 15.2 Å². The van der Waals surface area contributed by atoms with E-state index in [0.717, 1.165) is 99.9 Å². The summed E-state index contributed by atoms with van der Waals surface area (Å²) in [6, 6.07) is 25.5. The van der Waals surface area contributed by atoms with E-state index in [0.29, 0.717) is 62.7 Å². The van der Waals surface area contributed by atoms with Gasteiger partial charge in [0.25, 0.3) is 0 Å². The van der Waals surface area contributed by atoms with Gasteiger partial charge in [-0.05, 0) is 172 Å². The molecule has 5 aromatic rings. The summed E-state index contributed by atoms with van der Waals surface area (Å²) >= 11 is 0. The Labute approximate surface area is 456 Å². The summed E-state index contributed by atoms with van der Waals surface area (Å²) < 4.78 is 104. The molecule has 4 fully saturated rings. The van der Waals surface area contributed by atoms with Crippen molar-refractivity contribution < 1.29 is 53.6 Å². The molecule has 18 heteroatoms. The van der Waals surface area contributed by atoms with Crippen molar-refractivity contribution in [3.8, 4) is 28.4 Å². The summed E-state index contributed by atoms with van der Waals surface area (Å²) in [5.74, 6) is 2.64. The van der Waals surface area contributed by atoms with Crippen molar-refractivity contribution in [3.63, 3.8) is 0 Å². The van der Waals surface area contributed by atoms with Gasteiger partial charge in [-0.1, -0.05) is 42.8 Å². The van der Waals surface area contributed by atoms with E-state index >= 15 is 0 Å². The van der Waals surface area contributed by atoms with Crippen LogP contribution < -0.4 is 24.0 Å². The van der Waals surface area contributed by atoms with Crippen molar-refractivity contribution in [1.82, 2.24) is 0 Å². The maximum absolute atomic E-state index is 14.9. The maximum atomic E-state index is 14.9. The van der Waals surface area contributed by atoms with Gasteiger partial charge in [-0.15, -0.1) is 0 Å². The SMILES string of the molecule is COc1cc2c3c(c4c(c2cc1N1CCOCC1)-c1ccc(C(F)(F)F)cc1C41CC2CCC1C2)C=CC(c1ccc(OCCO[Si](O[Si](C)(C)C)(O[Si](C)(C)C)O[Si](C)(C)C)cc1)(c1ccc(N2CCOCC2)cc1)O3. The highest BCUT2D eigenvalue weighted by Gasteiger charge is 2.60. The molecule has 0 amide bonds. The van der Waals surface area contributed by atoms with Crippen LogP contribution in [0.1, 0.15) is 59.1 Å². The Balaban J connectivity index is 1.03. The average Bonchev–Trinajstić information content (AvgIpc) is 4.29. The number of nitrogens with zero attached hydrogens (tertiary/aromatic N) is 2. The number of rotatable bonds is 16. The maximum Gasteiger partial charge on any atom is 0.647 e. The summed E-state index contributed by atoms with van der Waals surface area (Å²) in [5.41, 5.74) is 6.13. The second kappa shape index (κ2) is 20.3. The molecule has 77 heavy (non-hydrogen) atoms. The molecule has 2 saturated carbocycles. The minimum atomic E-state index is -4.49. The Morgan fingerprint density at radius 1 is 0.688 bits per heavy atom. The highest BCUT2D eigenvalue weighted by molar-refractivity contribution is 6.87. The lowest BCUT2D eigenvalue weighted by Gasteiger charge is -2.41. The summed E-state index contributed by atoms with van der Waals surface area (Å²) in [4.78, 5) is 4.63. The van der Waals surface area contributed by atoms with Gasteiger partial charge in [-0.25, -0.2) is 0 Å². The van der Waals surface area contributed by atoms with Crippen LogP contribution in [0.25, 0.3) is 28.0 Å². The second-order valence-electron chi connectivity index (χ2n) is 24.7. The molecule has 4 unspecified atom stereocenters. The van der Waals surface area contributed by atoms with E-state index in [1.165, 1.54) is 12.1 Å². The van der Waals surface area contributed by atoms with Crippen molar-refractivity contribution in [2.75, 3.05) is 82.7 Å². The van der Waals surface area contributed by atoms with Crippen molar-refractivity contribution in [1.29, 1.82) is 0 Å². The summed E-state index contributed by atoms with van der Waals surface area (Å²) in [6.07, 6.45) is 3.72. The van der Waals surface area contributed by atoms with Gasteiger partial charge in [0.15, 0.2) is 30.6 Å². The highest BCUT2D eigenvalue weighted by Crippen LogP contribution is 2.69. The van der Waals surface area contributed by atoms with Crippen LogP contribution in [0.15, 0.2) is 84.9 Å².